The molecule has 0 atom stereocenters. The summed E-state index contributed by atoms with van der Waals surface area (Å²) in [5, 5.41) is 13.3. The summed E-state index contributed by atoms with van der Waals surface area (Å²) >= 11 is 6.87. The fraction of sp³-hybridized carbons (Fsp3) is 0.0476. The number of hydrogen-bond donors (Lipinski definition) is 1. The van der Waals surface area contributed by atoms with Gasteiger partial charge in [-0.25, -0.2) is 4.99 Å². The van der Waals surface area contributed by atoms with Crippen LogP contribution >= 0.6 is 23.4 Å². The number of carbonyl (C=O) groups is 1. The minimum atomic E-state index is -4.56. The number of halogens is 4. The Kier molecular flexibility index (Phi) is 6.00. The number of alkyl halides is 3. The fourth-order valence-corrected chi connectivity index (χ4v) is 3.80. The highest BCUT2D eigenvalue weighted by atomic mass is 35.5. The first kappa shape index (κ1) is 22.6. The van der Waals surface area contributed by atoms with Crippen molar-refractivity contribution in [1.82, 2.24) is 5.32 Å². The zero-order valence-corrected chi connectivity index (χ0v) is 17.8. The molecule has 1 amide bonds. The van der Waals surface area contributed by atoms with Crippen molar-refractivity contribution in [3.8, 4) is 11.3 Å². The van der Waals surface area contributed by atoms with Crippen LogP contribution < -0.4 is 5.32 Å². The van der Waals surface area contributed by atoms with Crippen molar-refractivity contribution in [3.63, 3.8) is 0 Å². The van der Waals surface area contributed by atoms with E-state index in [2.05, 4.69) is 10.3 Å². The van der Waals surface area contributed by atoms with Crippen molar-refractivity contribution in [2.45, 2.75) is 6.18 Å². The molecule has 12 heteroatoms. The lowest BCUT2D eigenvalue weighted by Gasteiger charge is -2.08. The van der Waals surface area contributed by atoms with Crippen molar-refractivity contribution in [1.29, 1.82) is 0 Å². The Hall–Kier alpha value is -3.57. The summed E-state index contributed by atoms with van der Waals surface area (Å²) < 4.78 is 44.5. The lowest BCUT2D eigenvalue weighted by atomic mass is 10.1. The number of amidine groups is 1. The summed E-state index contributed by atoms with van der Waals surface area (Å²) in [6.45, 7) is 0. The van der Waals surface area contributed by atoms with Crippen LogP contribution in [0.5, 0.6) is 0 Å². The van der Waals surface area contributed by atoms with Crippen LogP contribution in [0.15, 0.2) is 68.9 Å². The van der Waals surface area contributed by atoms with Gasteiger partial charge in [-0.05, 0) is 54.2 Å². The molecule has 0 spiro atoms. The fourth-order valence-electron chi connectivity index (χ4n) is 2.83. The van der Waals surface area contributed by atoms with Gasteiger partial charge in [-0.15, -0.1) is 0 Å². The number of thioether (sulfide) groups is 1. The topological polar surface area (TPSA) is 97.7 Å². The number of carbonyl (C=O) groups excluding carboxylic acids is 1. The Balaban J connectivity index is 1.55. The van der Waals surface area contributed by atoms with E-state index in [0.717, 1.165) is 30.0 Å². The second kappa shape index (κ2) is 8.75. The number of nitro benzene ring substituents is 1. The first-order chi connectivity index (χ1) is 15.6. The number of nitrogens with one attached hydrogen (secondary N) is 1. The summed E-state index contributed by atoms with van der Waals surface area (Å²) in [5.41, 5.74) is -0.491. The predicted molar refractivity (Wildman–Crippen MR) is 118 cm³/mol. The number of benzene rings is 2. The molecule has 4 rings (SSSR count). The Labute approximate surface area is 193 Å². The van der Waals surface area contributed by atoms with Crippen molar-refractivity contribution >= 4 is 51.9 Å². The number of furan rings is 1. The van der Waals surface area contributed by atoms with E-state index in [1.807, 2.05) is 0 Å². The Bertz CT molecular complexity index is 1320. The van der Waals surface area contributed by atoms with Crippen molar-refractivity contribution < 1.29 is 27.3 Å². The molecule has 1 aliphatic heterocycles. The Morgan fingerprint density at radius 1 is 1.12 bits per heavy atom. The van der Waals surface area contributed by atoms with E-state index >= 15 is 0 Å². The third-order valence-corrected chi connectivity index (χ3v) is 5.64. The second-order valence-electron chi connectivity index (χ2n) is 6.65. The number of aliphatic imine (C=N–C) groups is 1. The number of nitro groups is 1. The molecule has 1 N–H and O–H groups in total. The smallest absolute Gasteiger partial charge is 0.416 e. The average Bonchev–Trinajstić information content (AvgIpc) is 3.36. The second-order valence-corrected chi connectivity index (χ2v) is 8.09. The van der Waals surface area contributed by atoms with E-state index in [1.54, 1.807) is 12.1 Å². The molecule has 3 aromatic rings. The lowest BCUT2D eigenvalue weighted by Crippen LogP contribution is -2.19. The highest BCUT2D eigenvalue weighted by Gasteiger charge is 2.31. The summed E-state index contributed by atoms with van der Waals surface area (Å²) in [4.78, 5) is 26.8. The van der Waals surface area contributed by atoms with Gasteiger partial charge in [-0.2, -0.15) is 13.2 Å². The molecule has 168 valence electrons. The molecule has 0 unspecified atom stereocenters. The normalized spacial score (nSPS) is 16.4. The van der Waals surface area contributed by atoms with E-state index in [9.17, 15) is 28.1 Å². The van der Waals surface area contributed by atoms with Gasteiger partial charge >= 0.3 is 6.18 Å². The standard InChI is InChI=1S/C21H11ClF3N3O4S/c22-15-7-3-12(21(23,24)25)9-16(15)26-20-27-19(29)18(33-20)10-14-6-8-17(32-14)11-1-4-13(5-2-11)28(30)31/h1-10H,(H,26,27,29)/b18-10+. The maximum absolute atomic E-state index is 12.9. The number of nitrogens with zero attached hydrogens (tertiary/aromatic N) is 2. The van der Waals surface area contributed by atoms with Gasteiger partial charge in [0.1, 0.15) is 11.5 Å². The van der Waals surface area contributed by atoms with Gasteiger partial charge < -0.3 is 9.73 Å². The lowest BCUT2D eigenvalue weighted by molar-refractivity contribution is -0.384. The third kappa shape index (κ3) is 5.10. The molecule has 1 aromatic heterocycles. The van der Waals surface area contributed by atoms with Gasteiger partial charge in [-0.3, -0.25) is 14.9 Å². The van der Waals surface area contributed by atoms with Crippen LogP contribution in [-0.4, -0.2) is 16.0 Å². The number of hydrogen-bond acceptors (Lipinski definition) is 6. The van der Waals surface area contributed by atoms with E-state index < -0.39 is 22.6 Å². The van der Waals surface area contributed by atoms with Gasteiger partial charge in [0.15, 0.2) is 5.17 Å². The van der Waals surface area contributed by atoms with Gasteiger partial charge in [0.2, 0.25) is 0 Å². The van der Waals surface area contributed by atoms with Crippen LogP contribution in [0, 0.1) is 10.1 Å². The average molecular weight is 494 g/mol. The van der Waals surface area contributed by atoms with Crippen LogP contribution in [0.25, 0.3) is 17.4 Å². The summed E-state index contributed by atoms with van der Waals surface area (Å²) in [7, 11) is 0. The summed E-state index contributed by atoms with van der Waals surface area (Å²) in [6.07, 6.45) is -3.11. The molecule has 1 fully saturated rings. The van der Waals surface area contributed by atoms with Crippen LogP contribution in [0.4, 0.5) is 24.5 Å². The van der Waals surface area contributed by atoms with Crippen LogP contribution in [0.1, 0.15) is 11.3 Å². The molecular weight excluding hydrogens is 483 g/mol. The van der Waals surface area contributed by atoms with E-state index in [0.29, 0.717) is 17.1 Å². The molecule has 0 radical (unpaired) electrons. The quantitative estimate of drug-likeness (QED) is 0.257. The third-order valence-electron chi connectivity index (χ3n) is 4.41. The van der Waals surface area contributed by atoms with Crippen molar-refractivity contribution in [3.05, 3.63) is 86.0 Å². The minimum Gasteiger partial charge on any atom is -0.457 e. The first-order valence-electron chi connectivity index (χ1n) is 9.11. The van der Waals surface area contributed by atoms with Crippen molar-refractivity contribution in [2.75, 3.05) is 0 Å². The minimum absolute atomic E-state index is 0.00144. The molecule has 0 aliphatic carbocycles. The molecule has 0 saturated carbocycles. The molecule has 1 saturated heterocycles. The molecule has 2 aromatic carbocycles. The van der Waals surface area contributed by atoms with E-state index in [-0.39, 0.29) is 26.5 Å². The van der Waals surface area contributed by atoms with Crippen molar-refractivity contribution in [2.24, 2.45) is 4.99 Å². The monoisotopic (exact) mass is 493 g/mol. The van der Waals surface area contributed by atoms with E-state index in [4.69, 9.17) is 16.0 Å². The van der Waals surface area contributed by atoms with Gasteiger partial charge in [0.05, 0.1) is 26.1 Å². The van der Waals surface area contributed by atoms with Gasteiger partial charge in [-0.1, -0.05) is 11.6 Å². The van der Waals surface area contributed by atoms with Gasteiger partial charge in [0, 0.05) is 23.8 Å². The Morgan fingerprint density at radius 2 is 1.85 bits per heavy atom. The zero-order valence-electron chi connectivity index (χ0n) is 16.2. The SMILES string of the molecule is O=C1NC(=Nc2cc(C(F)(F)F)ccc2Cl)S/C1=C/c1ccc(-c2ccc([N+](=O)[O-])cc2)o1. The first-order valence-corrected chi connectivity index (χ1v) is 10.3. The molecule has 0 bridgehead atoms. The van der Waals surface area contributed by atoms with E-state index in [1.165, 1.54) is 30.3 Å². The van der Waals surface area contributed by atoms with Crippen LogP contribution in [-0.2, 0) is 11.0 Å². The zero-order chi connectivity index (χ0) is 23.8. The maximum atomic E-state index is 12.9. The molecule has 33 heavy (non-hydrogen) atoms. The highest BCUT2D eigenvalue weighted by Crippen LogP contribution is 2.37. The largest absolute Gasteiger partial charge is 0.457 e. The van der Waals surface area contributed by atoms with Gasteiger partial charge in [0.25, 0.3) is 11.6 Å². The van der Waals surface area contributed by atoms with Crippen LogP contribution in [0.2, 0.25) is 5.02 Å². The highest BCUT2D eigenvalue weighted by molar-refractivity contribution is 8.18. The molecular formula is C21H11ClF3N3O4S. The number of non-ortho nitro benzene ring substituents is 1. The molecule has 7 nitrogen and oxygen atoms in total. The summed E-state index contributed by atoms with van der Waals surface area (Å²) in [5.74, 6) is 0.263. The molecule has 2 heterocycles. The van der Waals surface area contributed by atoms with Crippen LogP contribution in [0.3, 0.4) is 0 Å². The number of rotatable bonds is 4. The number of amides is 1. The summed E-state index contributed by atoms with van der Waals surface area (Å²) in [6, 6.07) is 11.7. The maximum Gasteiger partial charge on any atom is 0.416 e. The molecule has 1 aliphatic rings. The Morgan fingerprint density at radius 3 is 2.52 bits per heavy atom. The predicted octanol–water partition coefficient (Wildman–Crippen LogP) is 6.42.